The van der Waals surface area contributed by atoms with Crippen molar-refractivity contribution in [3.63, 3.8) is 0 Å². The van der Waals surface area contributed by atoms with E-state index in [4.69, 9.17) is 4.74 Å². The molecule has 10 nitrogen and oxygen atoms in total. The van der Waals surface area contributed by atoms with E-state index in [0.717, 1.165) is 11.1 Å². The standard InChI is InChI=1S/C25H22N4O6/c1-15-12-16(2)14-19(13-15)26-23(30)24(31)28-27-17(3)18-8-10-20(11-9-18)35-25(32)21-6-4-5-7-22(21)29(33)34/h4-14H,1-3H3,(H,26,30)(H,28,31). The number of amides is 2. The number of aryl methyl sites for hydroxylation is 2. The average molecular weight is 474 g/mol. The second kappa shape index (κ2) is 10.8. The number of para-hydroxylation sites is 1. The maximum absolute atomic E-state index is 12.3. The second-order valence-electron chi connectivity index (χ2n) is 7.66. The Morgan fingerprint density at radius 1 is 0.914 bits per heavy atom. The third-order valence-electron chi connectivity index (χ3n) is 4.81. The van der Waals surface area contributed by atoms with Gasteiger partial charge in [-0.3, -0.25) is 19.7 Å². The highest BCUT2D eigenvalue weighted by molar-refractivity contribution is 6.39. The Hall–Kier alpha value is -4.86. The van der Waals surface area contributed by atoms with Gasteiger partial charge in [-0.25, -0.2) is 10.2 Å². The third-order valence-corrected chi connectivity index (χ3v) is 4.81. The zero-order valence-corrected chi connectivity index (χ0v) is 19.2. The summed E-state index contributed by atoms with van der Waals surface area (Å²) in [6, 6.07) is 17.1. The molecule has 0 atom stereocenters. The highest BCUT2D eigenvalue weighted by atomic mass is 16.6. The molecule has 0 bridgehead atoms. The molecule has 10 heteroatoms. The lowest BCUT2D eigenvalue weighted by molar-refractivity contribution is -0.385. The zero-order valence-electron chi connectivity index (χ0n) is 19.2. The fourth-order valence-electron chi connectivity index (χ4n) is 3.22. The third kappa shape index (κ3) is 6.57. The Labute approximate surface area is 200 Å². The summed E-state index contributed by atoms with van der Waals surface area (Å²) in [5.74, 6) is -2.48. The normalized spacial score (nSPS) is 10.9. The van der Waals surface area contributed by atoms with E-state index < -0.39 is 22.7 Å². The van der Waals surface area contributed by atoms with Crippen LogP contribution >= 0.6 is 0 Å². The van der Waals surface area contributed by atoms with E-state index in [1.807, 2.05) is 19.9 Å². The summed E-state index contributed by atoms with van der Waals surface area (Å²) in [7, 11) is 0. The van der Waals surface area contributed by atoms with Crippen molar-refractivity contribution in [1.82, 2.24) is 5.43 Å². The lowest BCUT2D eigenvalue weighted by Gasteiger charge is -2.08. The molecule has 0 fully saturated rings. The molecule has 0 heterocycles. The van der Waals surface area contributed by atoms with E-state index in [1.165, 1.54) is 36.4 Å². The molecular weight excluding hydrogens is 452 g/mol. The molecule has 2 amide bonds. The Morgan fingerprint density at radius 2 is 1.54 bits per heavy atom. The summed E-state index contributed by atoms with van der Waals surface area (Å²) in [4.78, 5) is 47.0. The number of carbonyl (C=O) groups excluding carboxylic acids is 3. The van der Waals surface area contributed by atoms with Crippen LogP contribution in [0, 0.1) is 24.0 Å². The summed E-state index contributed by atoms with van der Waals surface area (Å²) in [5, 5.41) is 17.6. The van der Waals surface area contributed by atoms with E-state index in [9.17, 15) is 24.5 Å². The minimum Gasteiger partial charge on any atom is -0.423 e. The van der Waals surface area contributed by atoms with Gasteiger partial charge < -0.3 is 10.1 Å². The predicted octanol–water partition coefficient (Wildman–Crippen LogP) is 3.91. The Morgan fingerprint density at radius 3 is 2.17 bits per heavy atom. The number of hydrogen-bond acceptors (Lipinski definition) is 7. The molecule has 3 aromatic rings. The van der Waals surface area contributed by atoms with Crippen LogP contribution in [0.5, 0.6) is 5.75 Å². The quantitative estimate of drug-likeness (QED) is 0.139. The molecule has 0 spiro atoms. The van der Waals surface area contributed by atoms with Crippen LogP contribution in [0.15, 0.2) is 71.8 Å². The van der Waals surface area contributed by atoms with Crippen LogP contribution in [0.25, 0.3) is 0 Å². The molecule has 3 aromatic carbocycles. The molecular formula is C25H22N4O6. The van der Waals surface area contributed by atoms with Gasteiger partial charge in [0.15, 0.2) is 0 Å². The fourth-order valence-corrected chi connectivity index (χ4v) is 3.22. The molecule has 178 valence electrons. The van der Waals surface area contributed by atoms with Gasteiger partial charge in [-0.2, -0.15) is 5.10 Å². The summed E-state index contributed by atoms with van der Waals surface area (Å²) >= 11 is 0. The van der Waals surface area contributed by atoms with Crippen LogP contribution in [-0.2, 0) is 9.59 Å². The molecule has 0 aliphatic heterocycles. The molecule has 35 heavy (non-hydrogen) atoms. The van der Waals surface area contributed by atoms with Gasteiger partial charge in [0, 0.05) is 11.8 Å². The van der Waals surface area contributed by atoms with Crippen molar-refractivity contribution in [2.45, 2.75) is 20.8 Å². The number of ether oxygens (including phenoxy) is 1. The number of nitrogens with one attached hydrogen (secondary N) is 2. The van der Waals surface area contributed by atoms with Crippen molar-refractivity contribution in [2.75, 3.05) is 5.32 Å². The minimum atomic E-state index is -0.932. The number of nitrogens with zero attached hydrogens (tertiary/aromatic N) is 2. The molecule has 2 N–H and O–H groups in total. The monoisotopic (exact) mass is 474 g/mol. The lowest BCUT2D eigenvalue weighted by Crippen LogP contribution is -2.33. The molecule has 0 radical (unpaired) electrons. The molecule has 0 saturated carbocycles. The van der Waals surface area contributed by atoms with Gasteiger partial charge in [0.05, 0.1) is 10.6 Å². The first-order valence-electron chi connectivity index (χ1n) is 10.4. The van der Waals surface area contributed by atoms with Gasteiger partial charge in [0.1, 0.15) is 11.3 Å². The van der Waals surface area contributed by atoms with E-state index in [-0.39, 0.29) is 17.0 Å². The largest absolute Gasteiger partial charge is 0.423 e. The molecule has 0 unspecified atom stereocenters. The Bertz CT molecular complexity index is 1310. The van der Waals surface area contributed by atoms with Crippen LogP contribution in [0.2, 0.25) is 0 Å². The van der Waals surface area contributed by atoms with Gasteiger partial charge in [-0.1, -0.05) is 18.2 Å². The zero-order chi connectivity index (χ0) is 25.5. The van der Waals surface area contributed by atoms with E-state index >= 15 is 0 Å². The molecule has 0 saturated heterocycles. The summed E-state index contributed by atoms with van der Waals surface area (Å²) in [6.07, 6.45) is 0. The fraction of sp³-hybridized carbons (Fsp3) is 0.120. The number of benzene rings is 3. The van der Waals surface area contributed by atoms with Crippen LogP contribution < -0.4 is 15.5 Å². The first-order valence-corrected chi connectivity index (χ1v) is 10.4. The van der Waals surface area contributed by atoms with Crippen LogP contribution in [0.1, 0.15) is 34.0 Å². The lowest BCUT2D eigenvalue weighted by atomic mass is 10.1. The van der Waals surface area contributed by atoms with Crippen molar-refractivity contribution in [3.05, 3.63) is 99.1 Å². The number of hydrazone groups is 1. The summed E-state index contributed by atoms with van der Waals surface area (Å²) in [6.45, 7) is 5.39. The highest BCUT2D eigenvalue weighted by Gasteiger charge is 2.21. The van der Waals surface area contributed by atoms with E-state index in [1.54, 1.807) is 31.2 Å². The topological polar surface area (TPSA) is 140 Å². The van der Waals surface area contributed by atoms with Crippen molar-refractivity contribution in [3.8, 4) is 5.75 Å². The SMILES string of the molecule is CC(=NNC(=O)C(=O)Nc1cc(C)cc(C)c1)c1ccc(OC(=O)c2ccccc2[N+](=O)[O-])cc1. The van der Waals surface area contributed by atoms with Gasteiger partial charge in [-0.15, -0.1) is 0 Å². The maximum atomic E-state index is 12.3. The summed E-state index contributed by atoms with van der Waals surface area (Å²) < 4.78 is 5.22. The highest BCUT2D eigenvalue weighted by Crippen LogP contribution is 2.21. The Balaban J connectivity index is 1.61. The number of rotatable bonds is 6. The molecule has 0 aliphatic rings. The molecule has 3 rings (SSSR count). The van der Waals surface area contributed by atoms with Crippen LogP contribution in [0.4, 0.5) is 11.4 Å². The van der Waals surface area contributed by atoms with Gasteiger partial charge in [0.2, 0.25) is 0 Å². The summed E-state index contributed by atoms with van der Waals surface area (Å²) in [5.41, 5.74) is 5.08. The average Bonchev–Trinajstić information content (AvgIpc) is 2.82. The molecule has 0 aliphatic carbocycles. The van der Waals surface area contributed by atoms with Crippen molar-refractivity contribution < 1.29 is 24.0 Å². The number of nitro groups is 1. The smallest absolute Gasteiger partial charge is 0.350 e. The number of hydrogen-bond donors (Lipinski definition) is 2. The van der Waals surface area contributed by atoms with Crippen molar-refractivity contribution >= 4 is 34.9 Å². The van der Waals surface area contributed by atoms with Gasteiger partial charge in [-0.05, 0) is 79.9 Å². The van der Waals surface area contributed by atoms with Crippen LogP contribution in [-0.4, -0.2) is 28.4 Å². The number of esters is 1. The predicted molar refractivity (Wildman–Crippen MR) is 129 cm³/mol. The van der Waals surface area contributed by atoms with E-state index in [0.29, 0.717) is 17.0 Å². The Kier molecular flexibility index (Phi) is 7.67. The van der Waals surface area contributed by atoms with Gasteiger partial charge in [0.25, 0.3) is 5.69 Å². The maximum Gasteiger partial charge on any atom is 0.350 e. The number of carbonyl (C=O) groups is 3. The number of nitro benzene ring substituents is 1. The molecule has 0 aromatic heterocycles. The van der Waals surface area contributed by atoms with Gasteiger partial charge >= 0.3 is 17.8 Å². The van der Waals surface area contributed by atoms with Crippen LogP contribution in [0.3, 0.4) is 0 Å². The second-order valence-corrected chi connectivity index (χ2v) is 7.66. The number of anilines is 1. The van der Waals surface area contributed by atoms with Crippen molar-refractivity contribution in [2.24, 2.45) is 5.10 Å². The first kappa shape index (κ1) is 24.8. The van der Waals surface area contributed by atoms with Crippen molar-refractivity contribution in [1.29, 1.82) is 0 Å². The first-order chi connectivity index (χ1) is 16.6. The van der Waals surface area contributed by atoms with E-state index in [2.05, 4.69) is 15.8 Å². The minimum absolute atomic E-state index is 0.166.